The molecule has 0 unspecified atom stereocenters. The number of hydrogen-bond donors (Lipinski definition) is 1. The van der Waals surface area contributed by atoms with Crippen LogP contribution in [0.1, 0.15) is 23.4 Å². The molecule has 0 atom stereocenters. The van der Waals surface area contributed by atoms with Gasteiger partial charge in [-0.1, -0.05) is 47.6 Å². The van der Waals surface area contributed by atoms with Crippen molar-refractivity contribution in [3.8, 4) is 0 Å². The minimum Gasteiger partial charge on any atom is -0.360 e. The Morgan fingerprint density at radius 2 is 1.78 bits per heavy atom. The minimum atomic E-state index is -3.75. The van der Waals surface area contributed by atoms with Crippen LogP contribution in [0.3, 0.4) is 0 Å². The number of rotatable bonds is 7. The lowest BCUT2D eigenvalue weighted by Gasteiger charge is -2.35. The molecule has 0 bridgehead atoms. The number of amides is 1. The Bertz CT molecular complexity index is 1190. The normalized spacial score (nSPS) is 15.4. The van der Waals surface area contributed by atoms with Gasteiger partial charge in [0.2, 0.25) is 15.9 Å². The molecule has 0 aliphatic carbocycles. The van der Waals surface area contributed by atoms with E-state index in [0.717, 1.165) is 19.6 Å². The van der Waals surface area contributed by atoms with Crippen LogP contribution >= 0.6 is 0 Å². The third kappa shape index (κ3) is 4.85. The molecule has 1 N–H and O–H groups in total. The average molecular weight is 457 g/mol. The topological polar surface area (TPSA) is 95.8 Å². The monoisotopic (exact) mass is 456 g/mol. The highest BCUT2D eigenvalue weighted by atomic mass is 32.2. The van der Waals surface area contributed by atoms with Gasteiger partial charge in [-0.2, -0.15) is 0 Å². The molecule has 1 fully saturated rings. The summed E-state index contributed by atoms with van der Waals surface area (Å²) in [5.41, 5.74) is 1.60. The number of benzene rings is 2. The molecule has 170 valence electrons. The van der Waals surface area contributed by atoms with E-state index in [1.807, 2.05) is 11.0 Å². The van der Waals surface area contributed by atoms with Gasteiger partial charge in [0.25, 0.3) is 0 Å². The van der Waals surface area contributed by atoms with E-state index in [9.17, 15) is 13.2 Å². The molecule has 32 heavy (non-hydrogen) atoms. The van der Waals surface area contributed by atoms with Crippen molar-refractivity contribution in [3.05, 3.63) is 59.5 Å². The summed E-state index contributed by atoms with van der Waals surface area (Å²) in [5, 5.41) is 6.18. The molecule has 9 heteroatoms. The van der Waals surface area contributed by atoms with Gasteiger partial charge in [0, 0.05) is 45.7 Å². The summed E-state index contributed by atoms with van der Waals surface area (Å²) >= 11 is 0. The molecule has 8 nitrogen and oxygen atoms in total. The van der Waals surface area contributed by atoms with Gasteiger partial charge in [-0.05, 0) is 30.2 Å². The van der Waals surface area contributed by atoms with Crippen LogP contribution in [-0.2, 0) is 21.4 Å². The van der Waals surface area contributed by atoms with Crippen molar-refractivity contribution in [2.24, 2.45) is 0 Å². The van der Waals surface area contributed by atoms with E-state index in [4.69, 9.17) is 4.52 Å². The highest BCUT2D eigenvalue weighted by molar-refractivity contribution is 7.89. The first-order valence-corrected chi connectivity index (χ1v) is 12.2. The molecule has 1 aliphatic heterocycles. The summed E-state index contributed by atoms with van der Waals surface area (Å²) in [5.74, 6) is 0.194. The Hall–Kier alpha value is -2.75. The summed E-state index contributed by atoms with van der Waals surface area (Å²) < 4.78 is 32.3. The molecule has 2 aromatic carbocycles. The Morgan fingerprint density at radius 1 is 1.06 bits per heavy atom. The second kappa shape index (κ2) is 9.40. The Balaban J connectivity index is 1.27. The van der Waals surface area contributed by atoms with Crippen molar-refractivity contribution in [2.75, 3.05) is 32.7 Å². The Kier molecular flexibility index (Phi) is 6.59. The zero-order valence-electron chi connectivity index (χ0n) is 18.4. The second-order valence-corrected chi connectivity index (χ2v) is 9.80. The molecule has 4 rings (SSSR count). The van der Waals surface area contributed by atoms with E-state index in [0.29, 0.717) is 18.8 Å². The largest absolute Gasteiger partial charge is 0.360 e. The van der Waals surface area contributed by atoms with E-state index in [2.05, 4.69) is 51.2 Å². The van der Waals surface area contributed by atoms with Crippen molar-refractivity contribution in [1.82, 2.24) is 19.7 Å². The lowest BCUT2D eigenvalue weighted by atomic mass is 10.0. The smallest absolute Gasteiger partial charge is 0.245 e. The SMILES string of the molecule is Cc1noc(C)c1S(=O)(=O)NCCC(=O)N1CCN(Cc2cccc3ccccc23)CC1. The Morgan fingerprint density at radius 3 is 2.50 bits per heavy atom. The van der Waals surface area contributed by atoms with Crippen LogP contribution < -0.4 is 4.72 Å². The van der Waals surface area contributed by atoms with Crippen LogP contribution in [-0.4, -0.2) is 62.0 Å². The fourth-order valence-corrected chi connectivity index (χ4v) is 5.56. The molecular formula is C23H28N4O4S. The predicted molar refractivity (Wildman–Crippen MR) is 122 cm³/mol. The zero-order valence-corrected chi connectivity index (χ0v) is 19.2. The number of nitrogens with zero attached hydrogens (tertiary/aromatic N) is 3. The van der Waals surface area contributed by atoms with Crippen LogP contribution in [0.2, 0.25) is 0 Å². The zero-order chi connectivity index (χ0) is 22.7. The van der Waals surface area contributed by atoms with Crippen LogP contribution in [0.15, 0.2) is 51.9 Å². The standard InChI is InChI=1S/C23H28N4O4S/c1-17-23(18(2)31-25-17)32(29,30)24-11-10-22(28)27-14-12-26(13-15-27)16-20-8-5-7-19-6-3-4-9-21(19)20/h3-9,24H,10-16H2,1-2H3. The van der Waals surface area contributed by atoms with Crippen LogP contribution in [0.4, 0.5) is 0 Å². The number of piperazine rings is 1. The lowest BCUT2D eigenvalue weighted by Crippen LogP contribution is -2.48. The molecule has 1 saturated heterocycles. The maximum atomic E-state index is 12.6. The third-order valence-corrected chi connectivity index (χ3v) is 7.57. The number of nitrogens with one attached hydrogen (secondary N) is 1. The van der Waals surface area contributed by atoms with Crippen LogP contribution in [0.5, 0.6) is 0 Å². The molecule has 0 spiro atoms. The van der Waals surface area contributed by atoms with Gasteiger partial charge in [-0.15, -0.1) is 0 Å². The molecule has 1 amide bonds. The summed E-state index contributed by atoms with van der Waals surface area (Å²) in [6, 6.07) is 14.7. The maximum Gasteiger partial charge on any atom is 0.245 e. The number of fused-ring (bicyclic) bond motifs is 1. The highest BCUT2D eigenvalue weighted by Gasteiger charge is 2.25. The van der Waals surface area contributed by atoms with E-state index < -0.39 is 10.0 Å². The first-order valence-electron chi connectivity index (χ1n) is 10.7. The van der Waals surface area contributed by atoms with Gasteiger partial charge >= 0.3 is 0 Å². The fourth-order valence-electron chi connectivity index (χ4n) is 4.21. The summed E-state index contributed by atoms with van der Waals surface area (Å²) in [6.45, 7) is 6.88. The van der Waals surface area contributed by atoms with Crippen molar-refractivity contribution in [3.63, 3.8) is 0 Å². The number of aryl methyl sites for hydroxylation is 2. The van der Waals surface area contributed by atoms with E-state index in [1.165, 1.54) is 16.3 Å². The summed E-state index contributed by atoms with van der Waals surface area (Å²) in [4.78, 5) is 16.8. The molecular weight excluding hydrogens is 428 g/mol. The minimum absolute atomic E-state index is 0.0431. The molecule has 3 aromatic rings. The van der Waals surface area contributed by atoms with Crippen molar-refractivity contribution >= 4 is 26.7 Å². The van der Waals surface area contributed by atoms with Gasteiger partial charge < -0.3 is 9.42 Å². The molecule has 1 aromatic heterocycles. The molecule has 2 heterocycles. The fraction of sp³-hybridized carbons (Fsp3) is 0.391. The predicted octanol–water partition coefficient (Wildman–Crippen LogP) is 2.46. The second-order valence-electron chi connectivity index (χ2n) is 8.10. The number of carbonyl (C=O) groups excluding carboxylic acids is 1. The van der Waals surface area contributed by atoms with Gasteiger partial charge in [0.05, 0.1) is 0 Å². The first-order chi connectivity index (χ1) is 15.3. The maximum absolute atomic E-state index is 12.6. The average Bonchev–Trinajstić information content (AvgIpc) is 3.13. The Labute approximate surface area is 188 Å². The van der Waals surface area contributed by atoms with E-state index >= 15 is 0 Å². The van der Waals surface area contributed by atoms with Crippen molar-refractivity contribution in [1.29, 1.82) is 0 Å². The van der Waals surface area contributed by atoms with Crippen LogP contribution in [0, 0.1) is 13.8 Å². The highest BCUT2D eigenvalue weighted by Crippen LogP contribution is 2.21. The third-order valence-electron chi connectivity index (χ3n) is 5.87. The quantitative estimate of drug-likeness (QED) is 0.587. The number of carbonyl (C=O) groups is 1. The van der Waals surface area contributed by atoms with Gasteiger partial charge in [-0.25, -0.2) is 13.1 Å². The van der Waals surface area contributed by atoms with Gasteiger partial charge in [0.1, 0.15) is 10.6 Å². The summed E-state index contributed by atoms with van der Waals surface area (Å²) in [6.07, 6.45) is 0.117. The van der Waals surface area contributed by atoms with Gasteiger partial charge in [-0.3, -0.25) is 9.69 Å². The molecule has 0 radical (unpaired) electrons. The van der Waals surface area contributed by atoms with Crippen LogP contribution in [0.25, 0.3) is 10.8 Å². The lowest BCUT2D eigenvalue weighted by molar-refractivity contribution is -0.132. The van der Waals surface area contributed by atoms with E-state index in [-0.39, 0.29) is 29.5 Å². The molecule has 0 saturated carbocycles. The number of aromatic nitrogens is 1. The molecule has 1 aliphatic rings. The van der Waals surface area contributed by atoms with E-state index in [1.54, 1.807) is 13.8 Å². The summed E-state index contributed by atoms with van der Waals surface area (Å²) in [7, 11) is -3.75. The number of hydrogen-bond acceptors (Lipinski definition) is 6. The van der Waals surface area contributed by atoms with Crippen molar-refractivity contribution < 1.29 is 17.7 Å². The number of sulfonamides is 1. The first kappa shape index (κ1) is 22.4. The van der Waals surface area contributed by atoms with Gasteiger partial charge in [0.15, 0.2) is 5.76 Å². The van der Waals surface area contributed by atoms with Crippen molar-refractivity contribution in [2.45, 2.75) is 31.7 Å².